The second kappa shape index (κ2) is 16.6. The van der Waals surface area contributed by atoms with Gasteiger partial charge in [0, 0.05) is 61.3 Å². The molecule has 14 heteroatoms. The van der Waals surface area contributed by atoms with Gasteiger partial charge < -0.3 is 30.7 Å². The SMILES string of the molecule is COc1nc(-c2cccc(-c3cccc(-c4cnc(CNCC[C@@H]5CNC(=O)C5)c(OC)n4)c3Cl)c2Cl)cnc1CNCC[C@@H]1CNC(=O)C1. The van der Waals surface area contributed by atoms with Gasteiger partial charge in [-0.2, -0.15) is 0 Å². The summed E-state index contributed by atoms with van der Waals surface area (Å²) in [6.07, 6.45) is 6.32. The number of carbonyl (C=O) groups is 2. The van der Waals surface area contributed by atoms with Crippen LogP contribution in [0.2, 0.25) is 10.0 Å². The van der Waals surface area contributed by atoms with Gasteiger partial charge in [-0.1, -0.05) is 59.6 Å². The Morgan fingerprint density at radius 2 is 1.12 bits per heavy atom. The average Bonchev–Trinajstić information content (AvgIpc) is 3.75. The highest BCUT2D eigenvalue weighted by molar-refractivity contribution is 6.39. The molecule has 4 heterocycles. The first-order valence-electron chi connectivity index (χ1n) is 16.7. The fraction of sp³-hybridized carbons (Fsp3) is 0.389. The van der Waals surface area contributed by atoms with Crippen molar-refractivity contribution >= 4 is 35.0 Å². The van der Waals surface area contributed by atoms with Crippen LogP contribution in [0, 0.1) is 11.8 Å². The Balaban J connectivity index is 1.16. The molecule has 262 valence electrons. The van der Waals surface area contributed by atoms with Crippen molar-refractivity contribution in [3.05, 3.63) is 70.2 Å². The third-order valence-electron chi connectivity index (χ3n) is 9.02. The molecule has 2 fully saturated rings. The second-order valence-electron chi connectivity index (χ2n) is 12.4. The van der Waals surface area contributed by atoms with Crippen LogP contribution in [0.3, 0.4) is 0 Å². The molecule has 0 bridgehead atoms. The molecule has 2 aliphatic heterocycles. The monoisotopic (exact) mass is 718 g/mol. The highest BCUT2D eigenvalue weighted by Gasteiger charge is 2.23. The predicted octanol–water partition coefficient (Wildman–Crippen LogP) is 4.82. The average molecular weight is 720 g/mol. The van der Waals surface area contributed by atoms with Crippen LogP contribution in [0.4, 0.5) is 0 Å². The van der Waals surface area contributed by atoms with E-state index in [9.17, 15) is 9.59 Å². The minimum Gasteiger partial charge on any atom is -0.480 e. The van der Waals surface area contributed by atoms with Crippen LogP contribution in [0.1, 0.15) is 37.1 Å². The molecule has 6 rings (SSSR count). The van der Waals surface area contributed by atoms with Gasteiger partial charge in [-0.15, -0.1) is 0 Å². The Bertz CT molecular complexity index is 1730. The second-order valence-corrected chi connectivity index (χ2v) is 13.2. The Kier molecular flexibility index (Phi) is 11.7. The number of amides is 2. The van der Waals surface area contributed by atoms with E-state index in [0.29, 0.717) is 93.5 Å². The molecule has 2 atom stereocenters. The summed E-state index contributed by atoms with van der Waals surface area (Å²) in [6, 6.07) is 11.4. The van der Waals surface area contributed by atoms with Gasteiger partial charge in [0.15, 0.2) is 0 Å². The maximum Gasteiger partial charge on any atom is 0.237 e. The molecule has 2 amide bonds. The van der Waals surface area contributed by atoms with E-state index < -0.39 is 0 Å². The summed E-state index contributed by atoms with van der Waals surface area (Å²) in [6.45, 7) is 3.92. The van der Waals surface area contributed by atoms with E-state index >= 15 is 0 Å². The Hall–Kier alpha value is -4.36. The largest absolute Gasteiger partial charge is 0.480 e. The van der Waals surface area contributed by atoms with Gasteiger partial charge in [-0.3, -0.25) is 19.6 Å². The number of rotatable bonds is 15. The van der Waals surface area contributed by atoms with Crippen LogP contribution in [0.15, 0.2) is 48.8 Å². The van der Waals surface area contributed by atoms with Gasteiger partial charge in [0.05, 0.1) is 48.0 Å². The first-order valence-corrected chi connectivity index (χ1v) is 17.4. The number of hydrogen-bond acceptors (Lipinski definition) is 10. The Labute approximate surface area is 301 Å². The van der Waals surface area contributed by atoms with Crippen LogP contribution < -0.4 is 30.7 Å². The minimum atomic E-state index is 0.116. The van der Waals surface area contributed by atoms with E-state index in [2.05, 4.69) is 31.2 Å². The third-order valence-corrected chi connectivity index (χ3v) is 9.83. The standard InChI is InChI=1S/C36H40Cl2N8O4/c1-49-35-29(17-39-11-9-21-13-31(47)43-15-21)41-19-27(45-35)25-7-3-5-23(33(25)37)24-6-4-8-26(34(24)38)28-20-42-30(36(46-28)50-2)18-40-12-10-22-14-32(48)44-16-22/h3-8,19-22,39-40H,9-18H2,1-2H3,(H,43,47)(H,44,48)/t21-,22-/m0/s1. The van der Waals surface area contributed by atoms with Gasteiger partial charge in [0.25, 0.3) is 0 Å². The molecular weight excluding hydrogens is 679 g/mol. The molecule has 50 heavy (non-hydrogen) atoms. The highest BCUT2D eigenvalue weighted by Crippen LogP contribution is 2.42. The molecule has 0 aliphatic carbocycles. The molecule has 4 N–H and O–H groups in total. The summed E-state index contributed by atoms with van der Waals surface area (Å²) in [5.41, 5.74) is 5.30. The van der Waals surface area contributed by atoms with Crippen LogP contribution in [0.5, 0.6) is 11.8 Å². The fourth-order valence-corrected chi connectivity index (χ4v) is 6.91. The molecule has 0 saturated carbocycles. The lowest BCUT2D eigenvalue weighted by Crippen LogP contribution is -2.20. The molecule has 0 spiro atoms. The van der Waals surface area contributed by atoms with Crippen molar-refractivity contribution in [1.29, 1.82) is 0 Å². The molecule has 2 aromatic carbocycles. The molecule has 4 aromatic rings. The number of benzene rings is 2. The maximum atomic E-state index is 11.5. The first-order chi connectivity index (χ1) is 24.3. The van der Waals surface area contributed by atoms with Crippen molar-refractivity contribution in [3.63, 3.8) is 0 Å². The quantitative estimate of drug-likeness (QED) is 0.126. The normalized spacial score (nSPS) is 17.1. The lowest BCUT2D eigenvalue weighted by atomic mass is 9.98. The Morgan fingerprint density at radius 3 is 1.50 bits per heavy atom. The first kappa shape index (κ1) is 35.5. The summed E-state index contributed by atoms with van der Waals surface area (Å²) in [4.78, 5) is 41.7. The molecule has 0 radical (unpaired) electrons. The van der Waals surface area contributed by atoms with Gasteiger partial charge >= 0.3 is 0 Å². The highest BCUT2D eigenvalue weighted by atomic mass is 35.5. The van der Waals surface area contributed by atoms with Gasteiger partial charge in [-0.05, 0) is 37.8 Å². The maximum absolute atomic E-state index is 11.5. The Morgan fingerprint density at radius 1 is 0.700 bits per heavy atom. The number of carbonyl (C=O) groups excluding carboxylic acids is 2. The number of ether oxygens (including phenoxy) is 2. The lowest BCUT2D eigenvalue weighted by molar-refractivity contribution is -0.120. The van der Waals surface area contributed by atoms with Crippen LogP contribution in [-0.4, -0.2) is 72.1 Å². The zero-order valence-electron chi connectivity index (χ0n) is 28.0. The molecule has 2 saturated heterocycles. The van der Waals surface area contributed by atoms with Crippen molar-refractivity contribution in [2.24, 2.45) is 11.8 Å². The van der Waals surface area contributed by atoms with Crippen LogP contribution >= 0.6 is 23.2 Å². The van der Waals surface area contributed by atoms with Crippen molar-refractivity contribution in [2.45, 2.75) is 38.8 Å². The molecule has 2 aliphatic rings. The van der Waals surface area contributed by atoms with Gasteiger partial charge in [0.2, 0.25) is 23.6 Å². The molecule has 2 aromatic heterocycles. The number of nitrogens with one attached hydrogen (secondary N) is 4. The zero-order valence-corrected chi connectivity index (χ0v) is 29.5. The molecule has 0 unspecified atom stereocenters. The molecular formula is C36H40Cl2N8O4. The summed E-state index contributed by atoms with van der Waals surface area (Å²) >= 11 is 14.1. The third kappa shape index (κ3) is 8.32. The van der Waals surface area contributed by atoms with Crippen molar-refractivity contribution in [1.82, 2.24) is 41.2 Å². The van der Waals surface area contributed by atoms with E-state index in [1.54, 1.807) is 26.6 Å². The summed E-state index contributed by atoms with van der Waals surface area (Å²) in [7, 11) is 3.13. The number of nitrogens with zero attached hydrogens (tertiary/aromatic N) is 4. The van der Waals surface area contributed by atoms with E-state index in [-0.39, 0.29) is 11.8 Å². The van der Waals surface area contributed by atoms with Crippen molar-refractivity contribution in [2.75, 3.05) is 40.4 Å². The fourth-order valence-electron chi connectivity index (χ4n) is 6.26. The summed E-state index contributed by atoms with van der Waals surface area (Å²) < 4.78 is 11.2. The van der Waals surface area contributed by atoms with Gasteiger partial charge in [0.1, 0.15) is 11.4 Å². The number of methoxy groups -OCH3 is 2. The predicted molar refractivity (Wildman–Crippen MR) is 192 cm³/mol. The minimum absolute atomic E-state index is 0.116. The summed E-state index contributed by atoms with van der Waals surface area (Å²) in [5.74, 6) is 1.74. The number of aromatic nitrogens is 4. The van der Waals surface area contributed by atoms with E-state index in [0.717, 1.165) is 50.1 Å². The smallest absolute Gasteiger partial charge is 0.237 e. The molecule has 12 nitrogen and oxygen atoms in total. The van der Waals surface area contributed by atoms with E-state index in [1.807, 2.05) is 36.4 Å². The lowest BCUT2D eigenvalue weighted by Gasteiger charge is -2.15. The van der Waals surface area contributed by atoms with Crippen LogP contribution in [0.25, 0.3) is 33.6 Å². The van der Waals surface area contributed by atoms with E-state index in [1.165, 1.54) is 0 Å². The van der Waals surface area contributed by atoms with Crippen molar-refractivity contribution in [3.8, 4) is 45.4 Å². The van der Waals surface area contributed by atoms with Crippen molar-refractivity contribution < 1.29 is 19.1 Å². The van der Waals surface area contributed by atoms with Gasteiger partial charge in [-0.25, -0.2) is 9.97 Å². The number of halogens is 2. The van der Waals surface area contributed by atoms with E-state index in [4.69, 9.17) is 42.6 Å². The zero-order chi connectivity index (χ0) is 35.0. The number of hydrogen-bond donors (Lipinski definition) is 4. The van der Waals surface area contributed by atoms with Crippen LogP contribution in [-0.2, 0) is 22.7 Å². The topological polar surface area (TPSA) is 152 Å². The summed E-state index contributed by atoms with van der Waals surface area (Å²) in [5, 5.41) is 13.4.